The van der Waals surface area contributed by atoms with Gasteiger partial charge in [-0.1, -0.05) is 0 Å². The molecule has 1 aliphatic rings. The van der Waals surface area contributed by atoms with Crippen LogP contribution in [0.3, 0.4) is 0 Å². The van der Waals surface area contributed by atoms with Gasteiger partial charge in [-0.05, 0) is 6.92 Å². The van der Waals surface area contributed by atoms with E-state index >= 15 is 0 Å². The van der Waals surface area contributed by atoms with Crippen LogP contribution in [0.15, 0.2) is 12.4 Å². The van der Waals surface area contributed by atoms with Gasteiger partial charge in [0.25, 0.3) is 0 Å². The van der Waals surface area contributed by atoms with Crippen LogP contribution in [0.4, 0.5) is 0 Å². The van der Waals surface area contributed by atoms with Crippen molar-refractivity contribution in [3.8, 4) is 5.75 Å². The summed E-state index contributed by atoms with van der Waals surface area (Å²) in [5.74, 6) is 0.664. The van der Waals surface area contributed by atoms with E-state index in [1.54, 1.807) is 4.52 Å². The summed E-state index contributed by atoms with van der Waals surface area (Å²) in [5, 5.41) is 13.5. The molecule has 5 nitrogen and oxygen atoms in total. The Morgan fingerprint density at radius 2 is 2.50 bits per heavy atom. The largest absolute Gasteiger partial charge is 0.462 e. The van der Waals surface area contributed by atoms with E-state index in [9.17, 15) is 5.11 Å². The molecule has 0 spiro atoms. The predicted molar refractivity (Wildman–Crippen MR) is 48.1 cm³/mol. The standard InChI is InChI=1S/C9H9N3O2/c1-5-2-7-9-6(3-8(13)14-7)10-4-11-12(5)9/h2,4,8,13H,3H2,1H3. The predicted octanol–water partition coefficient (Wildman–Crippen LogP) is 0.291. The fourth-order valence-electron chi connectivity index (χ4n) is 1.81. The first kappa shape index (κ1) is 7.75. The number of ether oxygens (including phenoxy) is 1. The van der Waals surface area contributed by atoms with Crippen LogP contribution in [-0.4, -0.2) is 26.0 Å². The third kappa shape index (κ3) is 0.871. The molecular weight excluding hydrogens is 182 g/mol. The molecule has 0 saturated heterocycles. The molecule has 1 atom stereocenters. The quantitative estimate of drug-likeness (QED) is 0.650. The van der Waals surface area contributed by atoms with Crippen molar-refractivity contribution in [2.45, 2.75) is 19.6 Å². The molecule has 0 radical (unpaired) electrons. The van der Waals surface area contributed by atoms with Gasteiger partial charge in [0.2, 0.25) is 6.29 Å². The molecule has 5 heteroatoms. The van der Waals surface area contributed by atoms with Crippen LogP contribution in [-0.2, 0) is 6.42 Å². The Kier molecular flexibility index (Phi) is 1.36. The summed E-state index contributed by atoms with van der Waals surface area (Å²) in [4.78, 5) is 4.13. The highest BCUT2D eigenvalue weighted by atomic mass is 16.6. The van der Waals surface area contributed by atoms with Gasteiger partial charge in [-0.2, -0.15) is 5.10 Å². The number of aliphatic hydroxyl groups excluding tert-OH is 1. The van der Waals surface area contributed by atoms with Gasteiger partial charge in [0.05, 0.1) is 12.1 Å². The number of nitrogens with zero attached hydrogens (tertiary/aromatic N) is 3. The maximum Gasteiger partial charge on any atom is 0.203 e. The highest BCUT2D eigenvalue weighted by Gasteiger charge is 2.23. The molecule has 3 heterocycles. The molecule has 2 aromatic rings. The third-order valence-electron chi connectivity index (χ3n) is 2.40. The van der Waals surface area contributed by atoms with E-state index in [0.717, 1.165) is 16.9 Å². The normalized spacial score (nSPS) is 19.7. The average molecular weight is 191 g/mol. The summed E-state index contributed by atoms with van der Waals surface area (Å²) >= 11 is 0. The van der Waals surface area contributed by atoms with Crippen molar-refractivity contribution in [3.63, 3.8) is 0 Å². The first-order valence-corrected chi connectivity index (χ1v) is 4.42. The van der Waals surface area contributed by atoms with Crippen molar-refractivity contribution in [1.29, 1.82) is 0 Å². The zero-order valence-electron chi connectivity index (χ0n) is 7.64. The molecule has 0 aromatic carbocycles. The maximum atomic E-state index is 9.42. The summed E-state index contributed by atoms with van der Waals surface area (Å²) in [7, 11) is 0. The van der Waals surface area contributed by atoms with Crippen LogP contribution in [0.1, 0.15) is 11.4 Å². The Morgan fingerprint density at radius 1 is 1.64 bits per heavy atom. The van der Waals surface area contributed by atoms with Crippen molar-refractivity contribution in [1.82, 2.24) is 14.6 Å². The van der Waals surface area contributed by atoms with Gasteiger partial charge in [0.1, 0.15) is 11.8 Å². The monoisotopic (exact) mass is 191 g/mol. The lowest BCUT2D eigenvalue weighted by Gasteiger charge is -2.18. The first-order chi connectivity index (χ1) is 6.75. The molecule has 72 valence electrons. The fraction of sp³-hybridized carbons (Fsp3) is 0.333. The SMILES string of the molecule is Cc1cc2c3c(ncnn13)CC(O)O2. The van der Waals surface area contributed by atoms with Crippen LogP contribution >= 0.6 is 0 Å². The summed E-state index contributed by atoms with van der Waals surface area (Å²) in [5.41, 5.74) is 2.69. The topological polar surface area (TPSA) is 59.7 Å². The Bertz CT molecular complexity index is 506. The summed E-state index contributed by atoms with van der Waals surface area (Å²) in [6.07, 6.45) is 1.13. The Hall–Kier alpha value is -1.62. The van der Waals surface area contributed by atoms with Crippen molar-refractivity contribution < 1.29 is 9.84 Å². The molecule has 1 aliphatic heterocycles. The third-order valence-corrected chi connectivity index (χ3v) is 2.40. The van der Waals surface area contributed by atoms with E-state index in [2.05, 4.69) is 10.1 Å². The number of hydrogen-bond acceptors (Lipinski definition) is 4. The number of hydrogen-bond donors (Lipinski definition) is 1. The Balaban J connectivity index is 2.41. The highest BCUT2D eigenvalue weighted by Crippen LogP contribution is 2.30. The van der Waals surface area contributed by atoms with E-state index in [0.29, 0.717) is 12.2 Å². The lowest BCUT2D eigenvalue weighted by Crippen LogP contribution is -2.23. The van der Waals surface area contributed by atoms with Gasteiger partial charge in [-0.15, -0.1) is 0 Å². The summed E-state index contributed by atoms with van der Waals surface area (Å²) < 4.78 is 7.06. The molecule has 0 amide bonds. The molecular formula is C9H9N3O2. The molecule has 1 unspecified atom stereocenters. The van der Waals surface area contributed by atoms with Crippen molar-refractivity contribution in [2.24, 2.45) is 0 Å². The molecule has 0 saturated carbocycles. The van der Waals surface area contributed by atoms with E-state index in [1.165, 1.54) is 6.33 Å². The molecule has 2 aromatic heterocycles. The molecule has 0 fully saturated rings. The second-order valence-electron chi connectivity index (χ2n) is 3.39. The number of aromatic nitrogens is 3. The van der Waals surface area contributed by atoms with Crippen LogP contribution < -0.4 is 4.74 Å². The molecule has 0 bridgehead atoms. The van der Waals surface area contributed by atoms with E-state index < -0.39 is 6.29 Å². The average Bonchev–Trinajstić information content (AvgIpc) is 2.45. The van der Waals surface area contributed by atoms with Crippen LogP contribution in [0.2, 0.25) is 0 Å². The molecule has 1 N–H and O–H groups in total. The number of aryl methyl sites for hydroxylation is 1. The van der Waals surface area contributed by atoms with Gasteiger partial charge < -0.3 is 9.84 Å². The summed E-state index contributed by atoms with van der Waals surface area (Å²) in [6.45, 7) is 1.94. The number of aliphatic hydroxyl groups is 1. The lowest BCUT2D eigenvalue weighted by molar-refractivity contribution is -0.0192. The van der Waals surface area contributed by atoms with Gasteiger partial charge in [0.15, 0.2) is 5.75 Å². The van der Waals surface area contributed by atoms with E-state index in [-0.39, 0.29) is 0 Å². The minimum Gasteiger partial charge on any atom is -0.462 e. The smallest absolute Gasteiger partial charge is 0.203 e. The lowest BCUT2D eigenvalue weighted by atomic mass is 10.2. The zero-order chi connectivity index (χ0) is 9.71. The zero-order valence-corrected chi connectivity index (χ0v) is 7.64. The Morgan fingerprint density at radius 3 is 3.36 bits per heavy atom. The second kappa shape index (κ2) is 2.45. The van der Waals surface area contributed by atoms with Crippen molar-refractivity contribution in [3.05, 3.63) is 23.8 Å². The van der Waals surface area contributed by atoms with Crippen molar-refractivity contribution >= 4 is 5.52 Å². The molecule has 14 heavy (non-hydrogen) atoms. The van der Waals surface area contributed by atoms with Gasteiger partial charge in [0, 0.05) is 11.8 Å². The van der Waals surface area contributed by atoms with Crippen LogP contribution in [0.5, 0.6) is 5.75 Å². The van der Waals surface area contributed by atoms with Crippen LogP contribution in [0, 0.1) is 6.92 Å². The minimum atomic E-state index is -0.789. The molecule has 0 aliphatic carbocycles. The minimum absolute atomic E-state index is 0.419. The number of rotatable bonds is 0. The van der Waals surface area contributed by atoms with Gasteiger partial charge >= 0.3 is 0 Å². The Labute approximate surface area is 80.0 Å². The van der Waals surface area contributed by atoms with Gasteiger partial charge in [-0.3, -0.25) is 0 Å². The first-order valence-electron chi connectivity index (χ1n) is 4.42. The summed E-state index contributed by atoms with van der Waals surface area (Å²) in [6, 6.07) is 1.86. The van der Waals surface area contributed by atoms with E-state index in [4.69, 9.17) is 4.74 Å². The van der Waals surface area contributed by atoms with Gasteiger partial charge in [-0.25, -0.2) is 9.50 Å². The second-order valence-corrected chi connectivity index (χ2v) is 3.39. The van der Waals surface area contributed by atoms with E-state index in [1.807, 2.05) is 13.0 Å². The van der Waals surface area contributed by atoms with Crippen molar-refractivity contribution in [2.75, 3.05) is 0 Å². The molecule has 3 rings (SSSR count). The fourth-order valence-corrected chi connectivity index (χ4v) is 1.81. The van der Waals surface area contributed by atoms with Crippen LogP contribution in [0.25, 0.3) is 5.52 Å². The maximum absolute atomic E-state index is 9.42. The highest BCUT2D eigenvalue weighted by molar-refractivity contribution is 5.66.